The largest absolute Gasteiger partial charge is 0.351 e. The van der Waals surface area contributed by atoms with Gasteiger partial charge >= 0.3 is 0 Å². The van der Waals surface area contributed by atoms with E-state index >= 15 is 0 Å². The van der Waals surface area contributed by atoms with Gasteiger partial charge in [0.25, 0.3) is 0 Å². The summed E-state index contributed by atoms with van der Waals surface area (Å²) < 4.78 is 11.8. The van der Waals surface area contributed by atoms with Crippen LogP contribution < -0.4 is 0 Å². The summed E-state index contributed by atoms with van der Waals surface area (Å²) in [7, 11) is 3.47. The molecule has 3 aliphatic rings. The predicted molar refractivity (Wildman–Crippen MR) is 82.9 cm³/mol. The Balaban J connectivity index is 1.87. The molecule has 0 aromatic heterocycles. The van der Waals surface area contributed by atoms with Crippen molar-refractivity contribution in [2.24, 2.45) is 11.8 Å². The summed E-state index contributed by atoms with van der Waals surface area (Å²) in [5.74, 6) is -0.386. The SMILES string of the molecule is C=C1C(=C)[C@H]2C3=C(Cc4ccccc4C3)[C@@H]1C2(OC)OC. The highest BCUT2D eigenvalue weighted by Crippen LogP contribution is 2.63. The van der Waals surface area contributed by atoms with Crippen LogP contribution in [0.25, 0.3) is 0 Å². The molecule has 0 N–H and O–H groups in total. The third-order valence-electron chi connectivity index (χ3n) is 5.54. The lowest BCUT2D eigenvalue weighted by Gasteiger charge is -2.32. The fourth-order valence-electron chi connectivity index (χ4n) is 4.60. The molecule has 0 spiro atoms. The maximum atomic E-state index is 5.88. The first-order valence-electron chi connectivity index (χ1n) is 7.41. The lowest BCUT2D eigenvalue weighted by atomic mass is 9.76. The number of benzene rings is 1. The Hall–Kier alpha value is -1.64. The number of hydrogen-bond donors (Lipinski definition) is 0. The van der Waals surface area contributed by atoms with Crippen LogP contribution in [0.15, 0.2) is 59.7 Å². The molecule has 0 amide bonds. The first kappa shape index (κ1) is 13.1. The van der Waals surface area contributed by atoms with Crippen molar-refractivity contribution >= 4 is 0 Å². The van der Waals surface area contributed by atoms with E-state index in [1.807, 2.05) is 0 Å². The molecule has 108 valence electrons. The zero-order valence-electron chi connectivity index (χ0n) is 12.6. The summed E-state index contributed by atoms with van der Waals surface area (Å²) in [6.45, 7) is 8.52. The number of hydrogen-bond acceptors (Lipinski definition) is 2. The van der Waals surface area contributed by atoms with Crippen molar-refractivity contribution in [1.29, 1.82) is 0 Å². The van der Waals surface area contributed by atoms with Gasteiger partial charge < -0.3 is 9.47 Å². The second-order valence-corrected chi connectivity index (χ2v) is 6.22. The second-order valence-electron chi connectivity index (χ2n) is 6.22. The molecule has 2 nitrogen and oxygen atoms in total. The van der Waals surface area contributed by atoms with Crippen molar-refractivity contribution in [3.63, 3.8) is 0 Å². The van der Waals surface area contributed by atoms with Crippen molar-refractivity contribution in [1.82, 2.24) is 0 Å². The second kappa shape index (κ2) is 4.19. The summed E-state index contributed by atoms with van der Waals surface area (Å²) in [4.78, 5) is 0. The summed E-state index contributed by atoms with van der Waals surface area (Å²) in [5.41, 5.74) is 7.90. The van der Waals surface area contributed by atoms with Crippen LogP contribution in [0, 0.1) is 11.8 Å². The minimum Gasteiger partial charge on any atom is -0.351 e. The Morgan fingerprint density at radius 2 is 1.33 bits per heavy atom. The van der Waals surface area contributed by atoms with E-state index in [-0.39, 0.29) is 11.8 Å². The van der Waals surface area contributed by atoms with Crippen LogP contribution in [0.5, 0.6) is 0 Å². The van der Waals surface area contributed by atoms with Crippen molar-refractivity contribution < 1.29 is 9.47 Å². The molecule has 1 aromatic carbocycles. The maximum absolute atomic E-state index is 5.88. The molecule has 0 aliphatic heterocycles. The fourth-order valence-corrected chi connectivity index (χ4v) is 4.60. The van der Waals surface area contributed by atoms with Gasteiger partial charge in [-0.15, -0.1) is 0 Å². The predicted octanol–water partition coefficient (Wildman–Crippen LogP) is 3.44. The third-order valence-corrected chi connectivity index (χ3v) is 5.54. The van der Waals surface area contributed by atoms with Gasteiger partial charge in [-0.1, -0.05) is 48.6 Å². The molecular weight excluding hydrogens is 260 g/mol. The van der Waals surface area contributed by atoms with Crippen LogP contribution in [-0.2, 0) is 22.3 Å². The van der Waals surface area contributed by atoms with Gasteiger partial charge in [0.1, 0.15) is 0 Å². The first-order valence-corrected chi connectivity index (χ1v) is 7.41. The van der Waals surface area contributed by atoms with Crippen LogP contribution in [-0.4, -0.2) is 20.0 Å². The fraction of sp³-hybridized carbons (Fsp3) is 0.368. The number of fused-ring (bicyclic) bond motifs is 5. The molecule has 0 radical (unpaired) electrons. The van der Waals surface area contributed by atoms with Gasteiger partial charge in [0, 0.05) is 14.2 Å². The Kier molecular flexibility index (Phi) is 2.60. The van der Waals surface area contributed by atoms with Gasteiger partial charge in [0.2, 0.25) is 0 Å². The van der Waals surface area contributed by atoms with E-state index in [0.717, 1.165) is 24.0 Å². The number of rotatable bonds is 2. The van der Waals surface area contributed by atoms with Gasteiger partial charge in [0.05, 0.1) is 11.8 Å². The number of methoxy groups -OCH3 is 2. The lowest BCUT2D eigenvalue weighted by Crippen LogP contribution is -2.41. The molecule has 0 unspecified atom stereocenters. The topological polar surface area (TPSA) is 18.5 Å². The molecule has 2 bridgehead atoms. The van der Waals surface area contributed by atoms with Gasteiger partial charge in [-0.05, 0) is 35.1 Å². The van der Waals surface area contributed by atoms with Crippen LogP contribution in [0.2, 0.25) is 0 Å². The average Bonchev–Trinajstić information content (AvgIpc) is 2.91. The smallest absolute Gasteiger partial charge is 0.188 e. The first-order chi connectivity index (χ1) is 10.1. The van der Waals surface area contributed by atoms with E-state index in [2.05, 4.69) is 37.4 Å². The van der Waals surface area contributed by atoms with E-state index in [9.17, 15) is 0 Å². The third kappa shape index (κ3) is 1.39. The molecule has 1 fully saturated rings. The molecule has 4 rings (SSSR count). The Morgan fingerprint density at radius 3 is 1.71 bits per heavy atom. The molecule has 1 aromatic rings. The standard InChI is InChI=1S/C19H20O2/c1-11-12(2)18-16-10-14-8-6-5-7-13(14)9-15(16)17(11)19(18,20-3)21-4/h5-8,17-18H,1-2,9-10H2,3-4H3/t17-,18+. The van der Waals surface area contributed by atoms with Crippen molar-refractivity contribution in [3.8, 4) is 0 Å². The molecule has 1 saturated carbocycles. The van der Waals surface area contributed by atoms with E-state index in [0.29, 0.717) is 0 Å². The highest BCUT2D eigenvalue weighted by atomic mass is 16.7. The van der Waals surface area contributed by atoms with Crippen molar-refractivity contribution in [3.05, 3.63) is 70.8 Å². The Morgan fingerprint density at radius 1 is 0.905 bits per heavy atom. The number of ether oxygens (including phenoxy) is 2. The highest BCUT2D eigenvalue weighted by Gasteiger charge is 2.63. The maximum Gasteiger partial charge on any atom is 0.188 e. The zero-order valence-corrected chi connectivity index (χ0v) is 12.6. The minimum absolute atomic E-state index is 0.119. The van der Waals surface area contributed by atoms with Crippen LogP contribution in [0.1, 0.15) is 11.1 Å². The quantitative estimate of drug-likeness (QED) is 0.610. The minimum atomic E-state index is -0.624. The molecule has 3 aliphatic carbocycles. The summed E-state index contributed by atoms with van der Waals surface area (Å²) in [6.07, 6.45) is 1.96. The van der Waals surface area contributed by atoms with Crippen LogP contribution >= 0.6 is 0 Å². The van der Waals surface area contributed by atoms with Gasteiger partial charge in [-0.25, -0.2) is 0 Å². The van der Waals surface area contributed by atoms with Crippen molar-refractivity contribution in [2.45, 2.75) is 18.6 Å². The van der Waals surface area contributed by atoms with E-state index in [1.165, 1.54) is 22.3 Å². The van der Waals surface area contributed by atoms with Gasteiger partial charge in [-0.2, -0.15) is 0 Å². The summed E-state index contributed by atoms with van der Waals surface area (Å²) >= 11 is 0. The highest BCUT2D eigenvalue weighted by molar-refractivity contribution is 5.61. The molecule has 0 heterocycles. The molecular formula is C19H20O2. The van der Waals surface area contributed by atoms with E-state index in [1.54, 1.807) is 14.2 Å². The lowest BCUT2D eigenvalue weighted by molar-refractivity contribution is -0.226. The van der Waals surface area contributed by atoms with Crippen molar-refractivity contribution in [2.75, 3.05) is 14.2 Å². The van der Waals surface area contributed by atoms with E-state index < -0.39 is 5.79 Å². The van der Waals surface area contributed by atoms with Gasteiger partial charge in [0.15, 0.2) is 5.79 Å². The Labute approximate surface area is 125 Å². The molecule has 2 heteroatoms. The van der Waals surface area contributed by atoms with Crippen LogP contribution in [0.4, 0.5) is 0 Å². The molecule has 21 heavy (non-hydrogen) atoms. The normalized spacial score (nSPS) is 28.9. The summed E-state index contributed by atoms with van der Waals surface area (Å²) in [6, 6.07) is 8.68. The Bertz CT molecular complexity index is 636. The molecule has 0 saturated heterocycles. The van der Waals surface area contributed by atoms with E-state index in [4.69, 9.17) is 9.47 Å². The monoisotopic (exact) mass is 280 g/mol. The summed E-state index contributed by atoms with van der Waals surface area (Å²) in [5, 5.41) is 0. The zero-order chi connectivity index (χ0) is 14.8. The van der Waals surface area contributed by atoms with Crippen LogP contribution in [0.3, 0.4) is 0 Å². The molecule has 2 atom stereocenters. The average molecular weight is 280 g/mol. The van der Waals surface area contributed by atoms with Gasteiger partial charge in [-0.3, -0.25) is 0 Å².